The van der Waals surface area contributed by atoms with Gasteiger partial charge in [-0.15, -0.1) is 0 Å². The number of likely N-dealkylation sites (tertiary alicyclic amines) is 1. The molecule has 1 aliphatic heterocycles. The molecule has 1 amide bonds. The Labute approximate surface area is 114 Å². The molecule has 0 spiro atoms. The van der Waals surface area contributed by atoms with Gasteiger partial charge in [-0.2, -0.15) is 0 Å². The molecule has 0 aromatic carbocycles. The van der Waals surface area contributed by atoms with Gasteiger partial charge in [-0.3, -0.25) is 0 Å². The van der Waals surface area contributed by atoms with E-state index in [0.29, 0.717) is 19.5 Å². The smallest absolute Gasteiger partial charge is 0.410 e. The number of rotatable bonds is 4. The minimum atomic E-state index is -0.526. The lowest BCUT2D eigenvalue weighted by Crippen LogP contribution is -2.49. The average molecular weight is 273 g/mol. The summed E-state index contributed by atoms with van der Waals surface area (Å²) >= 11 is 0. The molecular weight excluding hydrogens is 250 g/mol. The van der Waals surface area contributed by atoms with Gasteiger partial charge in [0.15, 0.2) is 0 Å². The van der Waals surface area contributed by atoms with Crippen LogP contribution in [0.2, 0.25) is 0 Å². The predicted molar refractivity (Wildman–Crippen MR) is 68.7 cm³/mol. The van der Waals surface area contributed by atoms with Crippen molar-refractivity contribution < 1.29 is 23.8 Å². The van der Waals surface area contributed by atoms with Gasteiger partial charge in [0.05, 0.1) is 12.6 Å². The molecule has 110 valence electrons. The van der Waals surface area contributed by atoms with Crippen molar-refractivity contribution in [2.24, 2.45) is 5.92 Å². The summed E-state index contributed by atoms with van der Waals surface area (Å²) < 4.78 is 15.6. The van der Waals surface area contributed by atoms with Gasteiger partial charge in [0.1, 0.15) is 18.7 Å². The fraction of sp³-hybridized carbons (Fsp3) is 0.846. The van der Waals surface area contributed by atoms with E-state index in [2.05, 4.69) is 0 Å². The second-order valence-electron chi connectivity index (χ2n) is 5.63. The monoisotopic (exact) mass is 273 g/mol. The average Bonchev–Trinajstić information content (AvgIpc) is 2.33. The van der Waals surface area contributed by atoms with Gasteiger partial charge in [0, 0.05) is 19.6 Å². The van der Waals surface area contributed by atoms with Crippen molar-refractivity contribution in [2.75, 3.05) is 27.0 Å². The van der Waals surface area contributed by atoms with Gasteiger partial charge < -0.3 is 23.9 Å². The molecule has 6 nitrogen and oxygen atoms in total. The number of hydrogen-bond acceptors (Lipinski definition) is 5. The van der Waals surface area contributed by atoms with Crippen molar-refractivity contribution in [3.63, 3.8) is 0 Å². The zero-order chi connectivity index (χ0) is 14.5. The third-order valence-electron chi connectivity index (χ3n) is 2.84. The number of aldehydes is 1. The maximum Gasteiger partial charge on any atom is 0.410 e. The van der Waals surface area contributed by atoms with Crippen LogP contribution in [0.4, 0.5) is 4.79 Å². The topological polar surface area (TPSA) is 65.1 Å². The Hall–Kier alpha value is -1.14. The van der Waals surface area contributed by atoms with Gasteiger partial charge in [0.2, 0.25) is 0 Å². The summed E-state index contributed by atoms with van der Waals surface area (Å²) in [5.41, 5.74) is -0.526. The Morgan fingerprint density at radius 3 is 2.63 bits per heavy atom. The van der Waals surface area contributed by atoms with Gasteiger partial charge in [-0.05, 0) is 27.2 Å². The first-order chi connectivity index (χ1) is 8.87. The van der Waals surface area contributed by atoms with Crippen LogP contribution < -0.4 is 0 Å². The van der Waals surface area contributed by atoms with Crippen molar-refractivity contribution in [1.82, 2.24) is 4.90 Å². The number of ether oxygens (including phenoxy) is 3. The summed E-state index contributed by atoms with van der Waals surface area (Å²) in [6, 6.07) is 0. The van der Waals surface area contributed by atoms with E-state index in [1.54, 1.807) is 4.90 Å². The van der Waals surface area contributed by atoms with Crippen LogP contribution in [0.5, 0.6) is 0 Å². The van der Waals surface area contributed by atoms with Gasteiger partial charge >= 0.3 is 6.09 Å². The molecule has 0 aromatic rings. The second-order valence-corrected chi connectivity index (χ2v) is 5.63. The summed E-state index contributed by atoms with van der Waals surface area (Å²) in [6.45, 7) is 6.43. The normalized spacial score (nSPS) is 24.1. The molecule has 19 heavy (non-hydrogen) atoms. The Morgan fingerprint density at radius 1 is 1.42 bits per heavy atom. The van der Waals surface area contributed by atoms with Crippen molar-refractivity contribution in [3.8, 4) is 0 Å². The van der Waals surface area contributed by atoms with E-state index in [0.717, 1.165) is 6.29 Å². The number of piperidine rings is 1. The van der Waals surface area contributed by atoms with E-state index in [9.17, 15) is 9.59 Å². The van der Waals surface area contributed by atoms with Crippen LogP contribution in [0.25, 0.3) is 0 Å². The first-order valence-corrected chi connectivity index (χ1v) is 6.41. The van der Waals surface area contributed by atoms with E-state index in [-0.39, 0.29) is 24.9 Å². The summed E-state index contributed by atoms with van der Waals surface area (Å²) in [6.07, 6.45) is 0.755. The number of hydrogen-bond donors (Lipinski definition) is 0. The molecule has 2 unspecified atom stereocenters. The molecule has 1 heterocycles. The standard InChI is InChI=1S/C13H23NO5/c1-13(2,3)19-12(16)14-6-5-10(8-15)11(7-14)18-9-17-4/h8,10-11H,5-7,9H2,1-4H3. The molecule has 1 rings (SSSR count). The van der Waals surface area contributed by atoms with Crippen LogP contribution in [-0.2, 0) is 19.0 Å². The Bertz CT molecular complexity index is 313. The van der Waals surface area contributed by atoms with E-state index in [1.807, 2.05) is 20.8 Å². The lowest BCUT2D eigenvalue weighted by molar-refractivity contribution is -0.132. The predicted octanol–water partition coefficient (Wildman–Crippen LogP) is 1.43. The summed E-state index contributed by atoms with van der Waals surface area (Å²) in [7, 11) is 1.52. The fourth-order valence-electron chi connectivity index (χ4n) is 1.91. The molecule has 2 atom stereocenters. The van der Waals surface area contributed by atoms with E-state index >= 15 is 0 Å². The molecule has 0 saturated carbocycles. The molecular formula is C13H23NO5. The van der Waals surface area contributed by atoms with Gasteiger partial charge in [-0.25, -0.2) is 4.79 Å². The van der Waals surface area contributed by atoms with Crippen LogP contribution in [0.1, 0.15) is 27.2 Å². The molecule has 6 heteroatoms. The van der Waals surface area contributed by atoms with Crippen molar-refractivity contribution in [3.05, 3.63) is 0 Å². The molecule has 1 aliphatic rings. The molecule has 1 saturated heterocycles. The highest BCUT2D eigenvalue weighted by Gasteiger charge is 2.33. The Morgan fingerprint density at radius 2 is 2.11 bits per heavy atom. The molecule has 0 N–H and O–H groups in total. The molecule has 0 radical (unpaired) electrons. The number of carbonyl (C=O) groups is 2. The molecule has 0 aliphatic carbocycles. The minimum Gasteiger partial charge on any atom is -0.444 e. The molecule has 1 fully saturated rings. The summed E-state index contributed by atoms with van der Waals surface area (Å²) in [5.74, 6) is -0.200. The SMILES string of the molecule is COCOC1CN(C(=O)OC(C)(C)C)CCC1C=O. The second kappa shape index (κ2) is 6.86. The van der Waals surface area contributed by atoms with E-state index in [4.69, 9.17) is 14.2 Å². The summed E-state index contributed by atoms with van der Waals surface area (Å²) in [4.78, 5) is 24.5. The van der Waals surface area contributed by atoms with Crippen LogP contribution in [0, 0.1) is 5.92 Å². The highest BCUT2D eigenvalue weighted by molar-refractivity contribution is 5.68. The minimum absolute atomic E-state index is 0.108. The van der Waals surface area contributed by atoms with Gasteiger partial charge in [0.25, 0.3) is 0 Å². The third-order valence-corrected chi connectivity index (χ3v) is 2.84. The van der Waals surface area contributed by atoms with Crippen LogP contribution >= 0.6 is 0 Å². The first-order valence-electron chi connectivity index (χ1n) is 6.41. The Balaban J connectivity index is 2.58. The van der Waals surface area contributed by atoms with Crippen molar-refractivity contribution in [2.45, 2.75) is 38.9 Å². The lowest BCUT2D eigenvalue weighted by atomic mass is 9.95. The number of carbonyl (C=O) groups excluding carboxylic acids is 2. The van der Waals surface area contributed by atoms with Gasteiger partial charge in [-0.1, -0.05) is 0 Å². The maximum absolute atomic E-state index is 12.0. The zero-order valence-electron chi connectivity index (χ0n) is 12.0. The maximum atomic E-state index is 12.0. The zero-order valence-corrected chi connectivity index (χ0v) is 12.0. The van der Waals surface area contributed by atoms with E-state index < -0.39 is 5.60 Å². The fourth-order valence-corrected chi connectivity index (χ4v) is 1.91. The Kier molecular flexibility index (Phi) is 5.75. The summed E-state index contributed by atoms with van der Waals surface area (Å²) in [5, 5.41) is 0. The highest BCUT2D eigenvalue weighted by Crippen LogP contribution is 2.21. The highest BCUT2D eigenvalue weighted by atomic mass is 16.7. The third kappa shape index (κ3) is 5.16. The largest absolute Gasteiger partial charge is 0.444 e. The van der Waals surface area contributed by atoms with E-state index in [1.165, 1.54) is 7.11 Å². The van der Waals surface area contributed by atoms with Crippen LogP contribution in [0.3, 0.4) is 0 Å². The molecule has 0 bridgehead atoms. The quantitative estimate of drug-likeness (QED) is 0.572. The van der Waals surface area contributed by atoms with Crippen LogP contribution in [-0.4, -0.2) is 56.0 Å². The number of amides is 1. The van der Waals surface area contributed by atoms with Crippen LogP contribution in [0.15, 0.2) is 0 Å². The lowest BCUT2D eigenvalue weighted by Gasteiger charge is -2.36. The number of nitrogens with zero attached hydrogens (tertiary/aromatic N) is 1. The first kappa shape index (κ1) is 15.9. The molecule has 0 aromatic heterocycles. The van der Waals surface area contributed by atoms with Crippen molar-refractivity contribution >= 4 is 12.4 Å². The number of methoxy groups -OCH3 is 1. The van der Waals surface area contributed by atoms with Crippen molar-refractivity contribution in [1.29, 1.82) is 0 Å².